The highest BCUT2D eigenvalue weighted by Crippen LogP contribution is 2.53. The summed E-state index contributed by atoms with van der Waals surface area (Å²) in [6.07, 6.45) is 3.81. The molecule has 0 unspecified atom stereocenters. The van der Waals surface area contributed by atoms with Gasteiger partial charge in [-0.15, -0.1) is 23.2 Å². The number of aromatic nitrogens is 2. The van der Waals surface area contributed by atoms with E-state index >= 15 is 0 Å². The fourth-order valence-corrected chi connectivity index (χ4v) is 3.05. The molecular formula is C18H18Cl2N2O2. The van der Waals surface area contributed by atoms with Gasteiger partial charge >= 0.3 is 5.97 Å². The highest BCUT2D eigenvalue weighted by atomic mass is 35.5. The minimum atomic E-state index is -0.728. The summed E-state index contributed by atoms with van der Waals surface area (Å²) < 4.78 is 6.31. The molecule has 1 aliphatic rings. The fourth-order valence-electron chi connectivity index (χ4n) is 2.55. The molecule has 4 nitrogen and oxygen atoms in total. The van der Waals surface area contributed by atoms with Crippen molar-refractivity contribution >= 4 is 35.2 Å². The Bertz CT molecular complexity index is 782. The van der Waals surface area contributed by atoms with Gasteiger partial charge in [0.2, 0.25) is 0 Å². The lowest BCUT2D eigenvalue weighted by molar-refractivity contribution is -0.138. The zero-order valence-corrected chi connectivity index (χ0v) is 15.0. The SMILES string of the molecule is Cc1nn(-c2ccccc2)c(C)c1/C=C/C(=O)OC[C@H]1CC1(Cl)Cl. The molecule has 1 saturated carbocycles. The van der Waals surface area contributed by atoms with E-state index in [1.54, 1.807) is 6.08 Å². The number of esters is 1. The summed E-state index contributed by atoms with van der Waals surface area (Å²) in [7, 11) is 0. The van der Waals surface area contributed by atoms with Gasteiger partial charge < -0.3 is 4.74 Å². The summed E-state index contributed by atoms with van der Waals surface area (Å²) in [6, 6.07) is 9.86. The van der Waals surface area contributed by atoms with E-state index in [0.717, 1.165) is 22.6 Å². The standard InChI is InChI=1S/C18H18Cl2N2O2/c1-12-16(8-9-17(23)24-11-14-10-18(14,19)20)13(2)22(21-12)15-6-4-3-5-7-15/h3-9,14H,10-11H2,1-2H3/b9-8+/t14-/m1/s1. The van der Waals surface area contributed by atoms with Crippen LogP contribution in [-0.4, -0.2) is 26.7 Å². The van der Waals surface area contributed by atoms with Crippen LogP contribution in [0.15, 0.2) is 36.4 Å². The van der Waals surface area contributed by atoms with E-state index < -0.39 is 10.3 Å². The third-order valence-electron chi connectivity index (χ3n) is 4.12. The first-order chi connectivity index (χ1) is 11.4. The van der Waals surface area contributed by atoms with Crippen molar-refractivity contribution in [3.8, 4) is 5.69 Å². The van der Waals surface area contributed by atoms with Gasteiger partial charge in [-0.3, -0.25) is 0 Å². The van der Waals surface area contributed by atoms with Crippen molar-refractivity contribution in [2.24, 2.45) is 5.92 Å². The number of rotatable bonds is 5. The van der Waals surface area contributed by atoms with Gasteiger partial charge in [0.1, 0.15) is 4.33 Å². The molecule has 0 radical (unpaired) electrons. The average molecular weight is 365 g/mol. The van der Waals surface area contributed by atoms with Crippen LogP contribution >= 0.6 is 23.2 Å². The average Bonchev–Trinajstić information content (AvgIpc) is 3.07. The molecule has 126 valence electrons. The van der Waals surface area contributed by atoms with Gasteiger partial charge in [-0.2, -0.15) is 5.10 Å². The second kappa shape index (κ2) is 6.61. The Morgan fingerprint density at radius 2 is 2.04 bits per heavy atom. The Kier molecular flexibility index (Phi) is 4.70. The molecule has 24 heavy (non-hydrogen) atoms. The van der Waals surface area contributed by atoms with Crippen molar-refractivity contribution in [1.82, 2.24) is 9.78 Å². The Morgan fingerprint density at radius 3 is 2.67 bits per heavy atom. The molecule has 0 amide bonds. The van der Waals surface area contributed by atoms with Crippen molar-refractivity contribution in [3.63, 3.8) is 0 Å². The number of hydrogen-bond acceptors (Lipinski definition) is 3. The molecule has 0 spiro atoms. The number of ether oxygens (including phenoxy) is 1. The maximum atomic E-state index is 11.8. The highest BCUT2D eigenvalue weighted by molar-refractivity contribution is 6.50. The summed E-state index contributed by atoms with van der Waals surface area (Å²) in [5, 5.41) is 4.54. The van der Waals surface area contributed by atoms with Gasteiger partial charge in [-0.25, -0.2) is 9.48 Å². The lowest BCUT2D eigenvalue weighted by atomic mass is 10.2. The zero-order chi connectivity index (χ0) is 17.3. The molecule has 3 rings (SSSR count). The van der Waals surface area contributed by atoms with E-state index in [2.05, 4.69) is 5.10 Å². The fraction of sp³-hybridized carbons (Fsp3) is 0.333. The molecule has 2 aromatic rings. The third kappa shape index (κ3) is 3.65. The van der Waals surface area contributed by atoms with Gasteiger partial charge in [0, 0.05) is 23.3 Å². The van der Waals surface area contributed by atoms with Crippen molar-refractivity contribution < 1.29 is 9.53 Å². The summed E-state index contributed by atoms with van der Waals surface area (Å²) in [4.78, 5) is 11.8. The van der Waals surface area contributed by atoms with Gasteiger partial charge in [-0.1, -0.05) is 18.2 Å². The van der Waals surface area contributed by atoms with E-state index in [1.165, 1.54) is 6.08 Å². The number of aryl methyl sites for hydroxylation is 1. The molecule has 0 saturated heterocycles. The number of halogens is 2. The lowest BCUT2D eigenvalue weighted by Gasteiger charge is -2.03. The number of para-hydroxylation sites is 1. The van der Waals surface area contributed by atoms with Crippen molar-refractivity contribution in [1.29, 1.82) is 0 Å². The Balaban J connectivity index is 1.69. The number of benzene rings is 1. The molecule has 1 atom stereocenters. The molecule has 0 aliphatic heterocycles. The third-order valence-corrected chi connectivity index (χ3v) is 5.04. The summed E-state index contributed by atoms with van der Waals surface area (Å²) in [5.41, 5.74) is 3.70. The van der Waals surface area contributed by atoms with Crippen LogP contribution < -0.4 is 0 Å². The van der Waals surface area contributed by atoms with Crippen LogP contribution in [0.1, 0.15) is 23.4 Å². The Labute approximate surface area is 151 Å². The van der Waals surface area contributed by atoms with Gasteiger partial charge in [0.05, 0.1) is 18.0 Å². The van der Waals surface area contributed by atoms with Crippen LogP contribution in [0.5, 0.6) is 0 Å². The van der Waals surface area contributed by atoms with Gasteiger partial charge in [-0.05, 0) is 38.5 Å². The monoisotopic (exact) mass is 364 g/mol. The molecule has 1 aromatic heterocycles. The lowest BCUT2D eigenvalue weighted by Crippen LogP contribution is -2.06. The molecule has 0 bridgehead atoms. The molecule has 1 aromatic carbocycles. The van der Waals surface area contributed by atoms with Crippen LogP contribution in [0.4, 0.5) is 0 Å². The first-order valence-electron chi connectivity index (χ1n) is 7.73. The van der Waals surface area contributed by atoms with Crippen molar-refractivity contribution in [2.45, 2.75) is 24.6 Å². The topological polar surface area (TPSA) is 44.1 Å². The number of carbonyl (C=O) groups is 1. The van der Waals surface area contributed by atoms with E-state index in [0.29, 0.717) is 6.42 Å². The van der Waals surface area contributed by atoms with Crippen molar-refractivity contribution in [2.75, 3.05) is 6.61 Å². The summed E-state index contributed by atoms with van der Waals surface area (Å²) in [6.45, 7) is 4.13. The second-order valence-electron chi connectivity index (χ2n) is 5.96. The predicted octanol–water partition coefficient (Wildman–Crippen LogP) is 4.24. The van der Waals surface area contributed by atoms with Crippen LogP contribution in [-0.2, 0) is 9.53 Å². The maximum absolute atomic E-state index is 11.8. The summed E-state index contributed by atoms with van der Waals surface area (Å²) in [5.74, 6) is -0.375. The van der Waals surface area contributed by atoms with E-state index in [1.807, 2.05) is 48.9 Å². The number of alkyl halides is 2. The molecule has 1 fully saturated rings. The largest absolute Gasteiger partial charge is 0.462 e. The normalized spacial score (nSPS) is 18.8. The Morgan fingerprint density at radius 1 is 1.38 bits per heavy atom. The first kappa shape index (κ1) is 17.1. The molecule has 0 N–H and O–H groups in total. The maximum Gasteiger partial charge on any atom is 0.330 e. The summed E-state index contributed by atoms with van der Waals surface area (Å²) >= 11 is 11.8. The molecule has 6 heteroatoms. The quantitative estimate of drug-likeness (QED) is 0.452. The molecular weight excluding hydrogens is 347 g/mol. The number of nitrogens with zero attached hydrogens (tertiary/aromatic N) is 2. The van der Waals surface area contributed by atoms with Crippen LogP contribution in [0, 0.1) is 19.8 Å². The minimum absolute atomic E-state index is 0.0301. The predicted molar refractivity (Wildman–Crippen MR) is 95.6 cm³/mol. The van der Waals surface area contributed by atoms with Gasteiger partial charge in [0.15, 0.2) is 0 Å². The first-order valence-corrected chi connectivity index (χ1v) is 8.48. The van der Waals surface area contributed by atoms with Crippen LogP contribution in [0.3, 0.4) is 0 Å². The number of carbonyl (C=O) groups excluding carboxylic acids is 1. The Hall–Kier alpha value is -1.78. The zero-order valence-electron chi connectivity index (χ0n) is 13.5. The van der Waals surface area contributed by atoms with E-state index in [-0.39, 0.29) is 12.5 Å². The van der Waals surface area contributed by atoms with Gasteiger partial charge in [0.25, 0.3) is 0 Å². The van der Waals surface area contributed by atoms with E-state index in [9.17, 15) is 4.79 Å². The van der Waals surface area contributed by atoms with Crippen LogP contribution in [0.2, 0.25) is 0 Å². The smallest absolute Gasteiger partial charge is 0.330 e. The van der Waals surface area contributed by atoms with E-state index in [4.69, 9.17) is 27.9 Å². The van der Waals surface area contributed by atoms with Crippen molar-refractivity contribution in [3.05, 3.63) is 53.4 Å². The molecule has 1 heterocycles. The highest BCUT2D eigenvalue weighted by Gasteiger charge is 2.52. The van der Waals surface area contributed by atoms with Crippen LogP contribution in [0.25, 0.3) is 11.8 Å². The molecule has 1 aliphatic carbocycles. The second-order valence-corrected chi connectivity index (χ2v) is 7.50. The minimum Gasteiger partial charge on any atom is -0.462 e. The number of hydrogen-bond donors (Lipinski definition) is 0.